The number of nitrogens with one attached hydrogen (secondary N) is 1. The molecule has 1 aliphatic rings. The third-order valence-electron chi connectivity index (χ3n) is 6.43. The first-order valence-electron chi connectivity index (χ1n) is 12.1. The van der Waals surface area contributed by atoms with E-state index < -0.39 is 10.0 Å². The number of ether oxygens (including phenoxy) is 1. The van der Waals surface area contributed by atoms with E-state index in [9.17, 15) is 18.0 Å². The number of benzene rings is 3. The van der Waals surface area contributed by atoms with Crippen LogP contribution in [0.3, 0.4) is 0 Å². The molecule has 0 aromatic heterocycles. The fourth-order valence-corrected chi connectivity index (χ4v) is 6.13. The molecule has 1 N–H and O–H groups in total. The molecule has 0 aliphatic carbocycles. The summed E-state index contributed by atoms with van der Waals surface area (Å²) in [5, 5.41) is 3.26. The number of ketones is 1. The Labute approximate surface area is 222 Å². The number of sulfonamides is 1. The second-order valence-corrected chi connectivity index (χ2v) is 11.3. The Morgan fingerprint density at radius 1 is 1.03 bits per heavy atom. The molecule has 3 aromatic rings. The molecular formula is C28H29ClN2O5S. The summed E-state index contributed by atoms with van der Waals surface area (Å²) < 4.78 is 33.3. The number of nitrogens with zero attached hydrogens (tertiary/aromatic N) is 1. The molecule has 1 amide bonds. The number of carbonyl (C=O) groups excluding carboxylic acids is 2. The van der Waals surface area contributed by atoms with Gasteiger partial charge in [0.1, 0.15) is 5.75 Å². The molecule has 4 rings (SSSR count). The van der Waals surface area contributed by atoms with Crippen LogP contribution in [-0.2, 0) is 14.8 Å². The molecule has 7 nitrogen and oxygen atoms in total. The minimum Gasteiger partial charge on any atom is -0.494 e. The van der Waals surface area contributed by atoms with Crippen molar-refractivity contribution >= 4 is 39.0 Å². The lowest BCUT2D eigenvalue weighted by atomic mass is 9.96. The normalized spacial score (nSPS) is 14.8. The topological polar surface area (TPSA) is 92.8 Å². The molecule has 1 heterocycles. The van der Waals surface area contributed by atoms with Gasteiger partial charge < -0.3 is 10.1 Å². The minimum atomic E-state index is -3.69. The molecular weight excluding hydrogens is 512 g/mol. The average molecular weight is 541 g/mol. The lowest BCUT2D eigenvalue weighted by Crippen LogP contribution is -2.41. The van der Waals surface area contributed by atoms with E-state index in [0.29, 0.717) is 47.0 Å². The van der Waals surface area contributed by atoms with Crippen molar-refractivity contribution in [1.29, 1.82) is 0 Å². The van der Waals surface area contributed by atoms with E-state index in [-0.39, 0.29) is 35.6 Å². The van der Waals surface area contributed by atoms with Gasteiger partial charge in [0.15, 0.2) is 5.78 Å². The van der Waals surface area contributed by atoms with E-state index in [0.717, 1.165) is 5.56 Å². The number of hydrogen-bond donors (Lipinski definition) is 1. The fraction of sp³-hybridized carbons (Fsp3) is 0.286. The summed E-state index contributed by atoms with van der Waals surface area (Å²) in [5.74, 6) is -0.226. The van der Waals surface area contributed by atoms with Gasteiger partial charge in [0.05, 0.1) is 17.2 Å². The standard InChI is InChI=1S/C28H29ClN2O5S/c1-3-36-26-12-10-23(17-19(26)2)37(34,35)31-15-13-21(14-16-31)28(33)30-25-11-9-22(29)18-24(25)27(32)20-7-5-4-6-8-20/h4-12,17-18,21H,3,13-16H2,1-2H3,(H,30,33). The lowest BCUT2D eigenvalue weighted by molar-refractivity contribution is -0.120. The first-order chi connectivity index (χ1) is 17.7. The molecule has 0 radical (unpaired) electrons. The molecule has 0 spiro atoms. The van der Waals surface area contributed by atoms with Crippen LogP contribution in [0.5, 0.6) is 5.75 Å². The second-order valence-electron chi connectivity index (χ2n) is 8.91. The van der Waals surface area contributed by atoms with E-state index in [1.165, 1.54) is 4.31 Å². The molecule has 3 aromatic carbocycles. The van der Waals surface area contributed by atoms with Gasteiger partial charge in [-0.05, 0) is 68.7 Å². The SMILES string of the molecule is CCOc1ccc(S(=O)(=O)N2CCC(C(=O)Nc3ccc(Cl)cc3C(=O)c3ccccc3)CC2)cc1C. The fourth-order valence-electron chi connectivity index (χ4n) is 4.40. The Kier molecular flexibility index (Phi) is 8.32. The van der Waals surface area contributed by atoms with E-state index in [2.05, 4.69) is 5.32 Å². The Hall–Kier alpha value is -3.20. The van der Waals surface area contributed by atoms with Crippen LogP contribution in [-0.4, -0.2) is 44.1 Å². The highest BCUT2D eigenvalue weighted by molar-refractivity contribution is 7.89. The van der Waals surface area contributed by atoms with Crippen LogP contribution in [0.2, 0.25) is 5.02 Å². The van der Waals surface area contributed by atoms with E-state index in [4.69, 9.17) is 16.3 Å². The van der Waals surface area contributed by atoms with Crippen LogP contribution >= 0.6 is 11.6 Å². The molecule has 1 aliphatic heterocycles. The number of carbonyl (C=O) groups is 2. The first kappa shape index (κ1) is 26.9. The predicted octanol–water partition coefficient (Wildman–Crippen LogP) is 5.32. The molecule has 1 saturated heterocycles. The summed E-state index contributed by atoms with van der Waals surface area (Å²) in [6.45, 7) is 4.64. The zero-order valence-electron chi connectivity index (χ0n) is 20.7. The average Bonchev–Trinajstić information content (AvgIpc) is 2.91. The van der Waals surface area contributed by atoms with Crippen LogP contribution < -0.4 is 10.1 Å². The molecule has 0 bridgehead atoms. The van der Waals surface area contributed by atoms with Crippen molar-refractivity contribution in [3.63, 3.8) is 0 Å². The largest absolute Gasteiger partial charge is 0.494 e. The van der Waals surface area contributed by atoms with E-state index in [1.54, 1.807) is 60.7 Å². The van der Waals surface area contributed by atoms with E-state index in [1.807, 2.05) is 19.9 Å². The van der Waals surface area contributed by atoms with Crippen LogP contribution in [0.1, 0.15) is 41.3 Å². The van der Waals surface area contributed by atoms with Crippen molar-refractivity contribution in [2.75, 3.05) is 25.0 Å². The van der Waals surface area contributed by atoms with Crippen molar-refractivity contribution < 1.29 is 22.7 Å². The van der Waals surface area contributed by atoms with Crippen molar-refractivity contribution in [3.8, 4) is 5.75 Å². The van der Waals surface area contributed by atoms with Gasteiger partial charge in [0, 0.05) is 35.2 Å². The van der Waals surface area contributed by atoms with Gasteiger partial charge in [0.25, 0.3) is 0 Å². The third-order valence-corrected chi connectivity index (χ3v) is 8.56. The number of anilines is 1. The van der Waals surface area contributed by atoms with Gasteiger partial charge in [-0.3, -0.25) is 9.59 Å². The van der Waals surface area contributed by atoms with Crippen LogP contribution in [0, 0.1) is 12.8 Å². The van der Waals surface area contributed by atoms with Gasteiger partial charge in [-0.15, -0.1) is 0 Å². The van der Waals surface area contributed by atoms with Gasteiger partial charge in [-0.25, -0.2) is 8.42 Å². The van der Waals surface area contributed by atoms with Crippen LogP contribution in [0.25, 0.3) is 0 Å². The maximum atomic E-state index is 13.2. The number of hydrogen-bond acceptors (Lipinski definition) is 5. The Bertz CT molecular complexity index is 1400. The monoisotopic (exact) mass is 540 g/mol. The molecule has 0 unspecified atom stereocenters. The molecule has 0 atom stereocenters. The van der Waals surface area contributed by atoms with Crippen molar-refractivity contribution in [1.82, 2.24) is 4.31 Å². The van der Waals surface area contributed by atoms with Gasteiger partial charge in [0.2, 0.25) is 15.9 Å². The zero-order chi connectivity index (χ0) is 26.6. The molecule has 0 saturated carbocycles. The summed E-state index contributed by atoms with van der Waals surface area (Å²) in [6.07, 6.45) is 0.743. The Balaban J connectivity index is 1.44. The first-order valence-corrected chi connectivity index (χ1v) is 14.0. The minimum absolute atomic E-state index is 0.210. The van der Waals surface area contributed by atoms with Gasteiger partial charge >= 0.3 is 0 Å². The summed E-state index contributed by atoms with van der Waals surface area (Å²) >= 11 is 6.14. The zero-order valence-corrected chi connectivity index (χ0v) is 22.3. The molecule has 1 fully saturated rings. The number of aryl methyl sites for hydroxylation is 1. The maximum Gasteiger partial charge on any atom is 0.243 e. The second kappa shape index (κ2) is 11.5. The number of halogens is 1. The van der Waals surface area contributed by atoms with Crippen LogP contribution in [0.4, 0.5) is 5.69 Å². The number of amides is 1. The Morgan fingerprint density at radius 3 is 2.38 bits per heavy atom. The third kappa shape index (κ3) is 6.04. The van der Waals surface area contributed by atoms with Crippen LogP contribution in [0.15, 0.2) is 71.6 Å². The van der Waals surface area contributed by atoms with Gasteiger partial charge in [-0.1, -0.05) is 41.9 Å². The molecule has 9 heteroatoms. The summed E-state index contributed by atoms with van der Waals surface area (Å²) in [5.41, 5.74) is 1.92. The highest BCUT2D eigenvalue weighted by atomic mass is 35.5. The van der Waals surface area contributed by atoms with Crippen molar-refractivity contribution in [2.45, 2.75) is 31.6 Å². The number of rotatable bonds is 8. The number of piperidine rings is 1. The lowest BCUT2D eigenvalue weighted by Gasteiger charge is -2.30. The summed E-state index contributed by atoms with van der Waals surface area (Å²) in [7, 11) is -3.69. The predicted molar refractivity (Wildman–Crippen MR) is 144 cm³/mol. The van der Waals surface area contributed by atoms with Crippen molar-refractivity contribution in [3.05, 3.63) is 88.4 Å². The van der Waals surface area contributed by atoms with E-state index >= 15 is 0 Å². The summed E-state index contributed by atoms with van der Waals surface area (Å²) in [6, 6.07) is 18.4. The smallest absolute Gasteiger partial charge is 0.243 e. The highest BCUT2D eigenvalue weighted by Crippen LogP contribution is 2.29. The highest BCUT2D eigenvalue weighted by Gasteiger charge is 2.32. The van der Waals surface area contributed by atoms with Crippen molar-refractivity contribution in [2.24, 2.45) is 5.92 Å². The molecule has 37 heavy (non-hydrogen) atoms. The molecule has 194 valence electrons. The van der Waals surface area contributed by atoms with Gasteiger partial charge in [-0.2, -0.15) is 4.31 Å². The maximum absolute atomic E-state index is 13.2. The Morgan fingerprint density at radius 2 is 1.73 bits per heavy atom. The summed E-state index contributed by atoms with van der Waals surface area (Å²) in [4.78, 5) is 26.4. The quantitative estimate of drug-likeness (QED) is 0.390.